The number of thiocarbonyl (C=S) groups is 2. The molecule has 0 aromatic heterocycles. The predicted molar refractivity (Wildman–Crippen MR) is 96.7 cm³/mol. The van der Waals surface area contributed by atoms with Crippen LogP contribution in [0.2, 0.25) is 0 Å². The van der Waals surface area contributed by atoms with Gasteiger partial charge < -0.3 is 5.32 Å². The zero-order valence-corrected chi connectivity index (χ0v) is 15.4. The number of nitrogens with one attached hydrogen (secondary N) is 3. The van der Waals surface area contributed by atoms with E-state index in [1.165, 1.54) is 14.0 Å². The van der Waals surface area contributed by atoms with Gasteiger partial charge in [0, 0.05) is 7.05 Å². The Kier molecular flexibility index (Phi) is 7.96. The summed E-state index contributed by atoms with van der Waals surface area (Å²) >= 11 is 9.66. The number of hydrogen-bond acceptors (Lipinski definition) is 4. The average molecular weight is 411 g/mol. The van der Waals surface area contributed by atoms with Gasteiger partial charge in [0.1, 0.15) is 5.71 Å². The molecule has 0 radical (unpaired) electrons. The Morgan fingerprint density at radius 3 is 1.85 bits per heavy atom. The molecule has 0 aliphatic heterocycles. The van der Waals surface area contributed by atoms with Crippen molar-refractivity contribution in [2.24, 2.45) is 10.2 Å². The molecule has 142 valence electrons. The lowest BCUT2D eigenvalue weighted by molar-refractivity contribution is 0.377. The number of halogens is 5. The third-order valence-corrected chi connectivity index (χ3v) is 3.63. The monoisotopic (exact) mass is 411 g/mol. The van der Waals surface area contributed by atoms with Crippen LogP contribution in [0.1, 0.15) is 25.8 Å². The first-order valence-corrected chi connectivity index (χ1v) is 7.87. The molecular weight excluding hydrogens is 397 g/mol. The molecule has 0 bridgehead atoms. The summed E-state index contributed by atoms with van der Waals surface area (Å²) in [5.41, 5.74) is 2.53. The topological polar surface area (TPSA) is 60.8 Å². The maximum atomic E-state index is 14.1. The average Bonchev–Trinajstić information content (AvgIpc) is 2.64. The highest BCUT2D eigenvalue weighted by Crippen LogP contribution is 2.24. The molecule has 0 spiro atoms. The molecule has 26 heavy (non-hydrogen) atoms. The van der Waals surface area contributed by atoms with Crippen LogP contribution in [0.15, 0.2) is 10.2 Å². The summed E-state index contributed by atoms with van der Waals surface area (Å²) in [5.74, 6) is -10.6. The first-order chi connectivity index (χ1) is 12.1. The highest BCUT2D eigenvalue weighted by molar-refractivity contribution is 7.80. The first kappa shape index (κ1) is 21.8. The van der Waals surface area contributed by atoms with Crippen molar-refractivity contribution in [2.45, 2.75) is 20.3 Å². The van der Waals surface area contributed by atoms with Gasteiger partial charge in [-0.2, -0.15) is 10.2 Å². The predicted octanol–water partition coefficient (Wildman–Crippen LogP) is 2.88. The van der Waals surface area contributed by atoms with Crippen LogP contribution in [0.4, 0.5) is 22.0 Å². The highest BCUT2D eigenvalue weighted by Gasteiger charge is 2.29. The second kappa shape index (κ2) is 9.48. The van der Waals surface area contributed by atoms with E-state index in [-0.39, 0.29) is 10.8 Å². The van der Waals surface area contributed by atoms with Crippen molar-refractivity contribution in [1.82, 2.24) is 16.2 Å². The zero-order valence-electron chi connectivity index (χ0n) is 13.8. The number of hydrogen-bond donors (Lipinski definition) is 3. The second-order valence-corrected chi connectivity index (χ2v) is 5.58. The van der Waals surface area contributed by atoms with Crippen molar-refractivity contribution in [1.29, 1.82) is 0 Å². The van der Waals surface area contributed by atoms with Crippen LogP contribution in [-0.2, 0) is 0 Å². The summed E-state index contributed by atoms with van der Waals surface area (Å²) in [6, 6.07) is 0. The van der Waals surface area contributed by atoms with Crippen LogP contribution in [-0.4, -0.2) is 28.6 Å². The summed E-state index contributed by atoms with van der Waals surface area (Å²) < 4.78 is 68.5. The number of rotatable bonds is 5. The summed E-state index contributed by atoms with van der Waals surface area (Å²) in [5, 5.41) is 9.79. The molecule has 0 fully saturated rings. The van der Waals surface area contributed by atoms with Crippen LogP contribution in [0, 0.1) is 29.1 Å². The Balaban J connectivity index is 3.57. The SMILES string of the molecule is CCC(=S)NN=C(C)C(=NNC(=S)NC)c1c(F)c(F)c(F)c(F)c1F. The van der Waals surface area contributed by atoms with Crippen molar-refractivity contribution in [3.8, 4) is 0 Å². The second-order valence-electron chi connectivity index (χ2n) is 4.68. The Bertz CT molecular complexity index is 765. The maximum Gasteiger partial charge on any atom is 0.200 e. The van der Waals surface area contributed by atoms with Gasteiger partial charge in [-0.15, -0.1) is 0 Å². The molecule has 0 atom stereocenters. The third kappa shape index (κ3) is 4.91. The summed E-state index contributed by atoms with van der Waals surface area (Å²) in [6.07, 6.45) is 0.420. The fourth-order valence-electron chi connectivity index (χ4n) is 1.57. The fraction of sp³-hybridized carbons (Fsp3) is 0.286. The van der Waals surface area contributed by atoms with Crippen molar-refractivity contribution >= 4 is 46.0 Å². The van der Waals surface area contributed by atoms with Crippen molar-refractivity contribution in [3.63, 3.8) is 0 Å². The van der Waals surface area contributed by atoms with Gasteiger partial charge in [0.25, 0.3) is 0 Å². The molecule has 0 aliphatic rings. The molecule has 5 nitrogen and oxygen atoms in total. The third-order valence-electron chi connectivity index (χ3n) is 2.96. The van der Waals surface area contributed by atoms with E-state index < -0.39 is 40.4 Å². The minimum atomic E-state index is -2.28. The number of benzene rings is 1. The summed E-state index contributed by atoms with van der Waals surface area (Å²) in [6.45, 7) is 2.97. The molecule has 0 amide bonds. The van der Waals surface area contributed by atoms with Crippen molar-refractivity contribution < 1.29 is 22.0 Å². The lowest BCUT2D eigenvalue weighted by atomic mass is 10.0. The quantitative estimate of drug-likeness (QED) is 0.174. The van der Waals surface area contributed by atoms with E-state index in [4.69, 9.17) is 24.4 Å². The van der Waals surface area contributed by atoms with Gasteiger partial charge in [0.2, 0.25) is 5.82 Å². The summed E-state index contributed by atoms with van der Waals surface area (Å²) in [4.78, 5) is 0.291. The van der Waals surface area contributed by atoms with Crippen LogP contribution in [0.25, 0.3) is 0 Å². The molecule has 3 N–H and O–H groups in total. The van der Waals surface area contributed by atoms with E-state index in [0.717, 1.165) is 0 Å². The van der Waals surface area contributed by atoms with Crippen molar-refractivity contribution in [3.05, 3.63) is 34.6 Å². The Hall–Kier alpha value is -2.21. The largest absolute Gasteiger partial charge is 0.364 e. The van der Waals surface area contributed by atoms with Crippen LogP contribution < -0.4 is 16.2 Å². The molecule has 1 aromatic rings. The Morgan fingerprint density at radius 1 is 0.885 bits per heavy atom. The van der Waals surface area contributed by atoms with E-state index in [9.17, 15) is 22.0 Å². The van der Waals surface area contributed by atoms with E-state index in [2.05, 4.69) is 26.4 Å². The molecule has 12 heteroatoms. The highest BCUT2D eigenvalue weighted by atomic mass is 32.1. The minimum absolute atomic E-state index is 0.0591. The standard InChI is InChI=1S/C14H14F5N5S2/c1-4-6(25)22-21-5(2)13(23-24-14(26)20-3)7-8(15)10(17)12(19)11(18)9(7)16/h4H2,1-3H3,(H,22,25)(H2,20,24,26). The maximum absolute atomic E-state index is 14.1. The van der Waals surface area contributed by atoms with E-state index in [1.54, 1.807) is 6.92 Å². The Morgan fingerprint density at radius 2 is 1.38 bits per heavy atom. The molecule has 0 heterocycles. The van der Waals surface area contributed by atoms with Gasteiger partial charge >= 0.3 is 0 Å². The van der Waals surface area contributed by atoms with Gasteiger partial charge in [0.15, 0.2) is 28.4 Å². The zero-order chi connectivity index (χ0) is 20.0. The van der Waals surface area contributed by atoms with Gasteiger partial charge in [-0.3, -0.25) is 10.9 Å². The van der Waals surface area contributed by atoms with Gasteiger partial charge in [-0.1, -0.05) is 19.1 Å². The van der Waals surface area contributed by atoms with E-state index in [1.807, 2.05) is 0 Å². The molecule has 0 unspecified atom stereocenters. The van der Waals surface area contributed by atoms with Crippen LogP contribution in [0.3, 0.4) is 0 Å². The minimum Gasteiger partial charge on any atom is -0.364 e. The van der Waals surface area contributed by atoms with Crippen LogP contribution in [0.5, 0.6) is 0 Å². The molecule has 1 aromatic carbocycles. The van der Waals surface area contributed by atoms with Gasteiger partial charge in [-0.05, 0) is 25.6 Å². The van der Waals surface area contributed by atoms with E-state index in [0.29, 0.717) is 11.4 Å². The first-order valence-electron chi connectivity index (χ1n) is 7.06. The molecular formula is C14H14F5N5S2. The lowest BCUT2D eigenvalue weighted by Gasteiger charge is -2.12. The lowest BCUT2D eigenvalue weighted by Crippen LogP contribution is -2.32. The molecule has 1 rings (SSSR count). The number of nitrogens with zero attached hydrogens (tertiary/aromatic N) is 2. The summed E-state index contributed by atoms with van der Waals surface area (Å²) in [7, 11) is 1.44. The van der Waals surface area contributed by atoms with E-state index >= 15 is 0 Å². The van der Waals surface area contributed by atoms with Crippen molar-refractivity contribution in [2.75, 3.05) is 7.05 Å². The molecule has 0 saturated heterocycles. The Labute approximate surface area is 156 Å². The smallest absolute Gasteiger partial charge is 0.200 e. The van der Waals surface area contributed by atoms with Gasteiger partial charge in [-0.25, -0.2) is 22.0 Å². The van der Waals surface area contributed by atoms with Gasteiger partial charge in [0.05, 0.1) is 16.3 Å². The normalized spacial score (nSPS) is 12.0. The van der Waals surface area contributed by atoms with Crippen LogP contribution >= 0.6 is 24.4 Å². The number of hydrazone groups is 2. The molecule has 0 aliphatic carbocycles. The fourth-order valence-corrected chi connectivity index (χ4v) is 1.66. The molecule has 0 saturated carbocycles.